The summed E-state index contributed by atoms with van der Waals surface area (Å²) < 4.78 is 0. The summed E-state index contributed by atoms with van der Waals surface area (Å²) in [7, 11) is 0. The van der Waals surface area contributed by atoms with E-state index in [1.54, 1.807) is 48.7 Å². The van der Waals surface area contributed by atoms with E-state index < -0.39 is 41.2 Å². The molecule has 1 aromatic heterocycles. The zero-order chi connectivity index (χ0) is 25.9. The Morgan fingerprint density at radius 3 is 2.41 bits per heavy atom. The number of carbonyl (C=O) groups excluding carboxylic acids is 2. The highest BCUT2D eigenvalue weighted by Crippen LogP contribution is 2.52. The Kier molecular flexibility index (Phi) is 5.17. The van der Waals surface area contributed by atoms with Crippen molar-refractivity contribution < 1.29 is 24.6 Å². The summed E-state index contributed by atoms with van der Waals surface area (Å²) in [5.74, 6) is -4.53. The fourth-order valence-electron chi connectivity index (χ4n) is 5.98. The van der Waals surface area contributed by atoms with E-state index >= 15 is 0 Å². The molecule has 0 spiro atoms. The molecule has 2 amide bonds. The molecule has 0 bridgehead atoms. The van der Waals surface area contributed by atoms with Gasteiger partial charge in [0.2, 0.25) is 11.8 Å². The summed E-state index contributed by atoms with van der Waals surface area (Å²) in [6.07, 6.45) is 1.72. The zero-order valence-electron chi connectivity index (χ0n) is 20.0. The first-order chi connectivity index (χ1) is 17.8. The van der Waals surface area contributed by atoms with Gasteiger partial charge < -0.3 is 15.2 Å². The number of carboxylic acid groups (broad SMARTS) is 1. The Hall–Kier alpha value is -4.43. The summed E-state index contributed by atoms with van der Waals surface area (Å²) in [5, 5.41) is 25.4. The number of para-hydroxylation sites is 2. The number of carboxylic acids is 1. The number of H-pyrrole nitrogens is 1. The number of aryl methyl sites for hydroxylation is 1. The average molecular weight is 496 g/mol. The van der Waals surface area contributed by atoms with Crippen LogP contribution >= 0.6 is 0 Å². The van der Waals surface area contributed by atoms with Crippen LogP contribution in [0.2, 0.25) is 0 Å². The number of carbonyl (C=O) groups is 3. The molecule has 2 fully saturated rings. The molecule has 2 aliphatic rings. The van der Waals surface area contributed by atoms with Crippen molar-refractivity contribution in [3.05, 3.63) is 95.7 Å². The fourth-order valence-corrected chi connectivity index (χ4v) is 5.98. The Bertz CT molecular complexity index is 1560. The Morgan fingerprint density at radius 2 is 1.68 bits per heavy atom. The van der Waals surface area contributed by atoms with Crippen LogP contribution in [0.4, 0.5) is 5.69 Å². The number of benzene rings is 3. The van der Waals surface area contributed by atoms with Gasteiger partial charge in [0.25, 0.3) is 0 Å². The molecule has 186 valence electrons. The maximum Gasteiger partial charge on any atom is 0.325 e. The van der Waals surface area contributed by atoms with Gasteiger partial charge in [0.05, 0.1) is 17.5 Å². The lowest BCUT2D eigenvalue weighted by Crippen LogP contribution is -2.57. The molecule has 2 aliphatic heterocycles. The Labute approximate surface area is 212 Å². The van der Waals surface area contributed by atoms with Crippen LogP contribution in [-0.4, -0.2) is 38.5 Å². The summed E-state index contributed by atoms with van der Waals surface area (Å²) in [5.41, 5.74) is 1.53. The van der Waals surface area contributed by atoms with Gasteiger partial charge in [-0.2, -0.15) is 0 Å². The molecule has 8 heteroatoms. The molecule has 2 saturated heterocycles. The van der Waals surface area contributed by atoms with Crippen LogP contribution in [-0.2, 0) is 20.8 Å². The van der Waals surface area contributed by atoms with E-state index in [0.717, 1.165) is 26.9 Å². The first kappa shape index (κ1) is 23.0. The topological polar surface area (TPSA) is 123 Å². The van der Waals surface area contributed by atoms with Crippen molar-refractivity contribution in [2.24, 2.45) is 11.8 Å². The third-order valence-corrected chi connectivity index (χ3v) is 7.74. The highest BCUT2D eigenvalue weighted by Gasteiger charge is 2.69. The molecule has 3 heterocycles. The number of aromatic hydroxyl groups is 1. The van der Waals surface area contributed by atoms with Crippen molar-refractivity contribution in [3.8, 4) is 5.75 Å². The summed E-state index contributed by atoms with van der Waals surface area (Å²) in [6.45, 7) is 1.90. The van der Waals surface area contributed by atoms with Crippen molar-refractivity contribution >= 4 is 34.4 Å². The van der Waals surface area contributed by atoms with Crippen molar-refractivity contribution in [2.45, 2.75) is 24.9 Å². The molecule has 0 saturated carbocycles. The van der Waals surface area contributed by atoms with Gasteiger partial charge in [0.15, 0.2) is 0 Å². The number of aliphatic carboxylic acids is 1. The maximum absolute atomic E-state index is 14.0. The van der Waals surface area contributed by atoms with Crippen molar-refractivity contribution in [3.63, 3.8) is 0 Å². The smallest absolute Gasteiger partial charge is 0.325 e. The lowest BCUT2D eigenvalue weighted by molar-refractivity contribution is -0.148. The van der Waals surface area contributed by atoms with Crippen molar-refractivity contribution in [1.29, 1.82) is 0 Å². The van der Waals surface area contributed by atoms with Gasteiger partial charge in [-0.05, 0) is 36.8 Å². The minimum absolute atomic E-state index is 0.0294. The van der Waals surface area contributed by atoms with Gasteiger partial charge in [0.1, 0.15) is 11.3 Å². The number of hydrogen-bond acceptors (Lipinski definition) is 5. The predicted octanol–water partition coefficient (Wildman–Crippen LogP) is 3.70. The number of nitrogens with zero attached hydrogens (tertiary/aromatic N) is 1. The average Bonchev–Trinajstić information content (AvgIpc) is 3.53. The second kappa shape index (κ2) is 8.31. The standard InChI is InChI=1S/C29H25N3O5/c1-16-10-12-18(13-11-16)32-26(34)23-24(27(32)35)29(28(36)37,31-25(23)20-7-3-5-9-22(20)33)14-17-15-30-21-8-4-2-6-19(17)21/h2-13,15,23-25,30-31,33H,14H2,1H3,(H,36,37)/t23-,24+,25-,29+/m1/s1. The van der Waals surface area contributed by atoms with Crippen LogP contribution < -0.4 is 10.2 Å². The molecule has 3 aromatic carbocycles. The molecule has 4 atom stereocenters. The SMILES string of the molecule is Cc1ccc(N2C(=O)[C@H]3[C@@H](c4ccccc4O)N[C@](Cc4c[nH]c5ccccc45)(C(=O)O)[C@@H]3C2=O)cc1. The number of aromatic amines is 1. The monoisotopic (exact) mass is 495 g/mol. The summed E-state index contributed by atoms with van der Waals surface area (Å²) >= 11 is 0. The van der Waals surface area contributed by atoms with E-state index in [-0.39, 0.29) is 12.2 Å². The lowest BCUT2D eigenvalue weighted by Gasteiger charge is -2.31. The Morgan fingerprint density at radius 1 is 0.973 bits per heavy atom. The van der Waals surface area contributed by atoms with Crippen LogP contribution in [0.3, 0.4) is 0 Å². The second-order valence-corrected chi connectivity index (χ2v) is 9.84. The first-order valence-corrected chi connectivity index (χ1v) is 12.1. The number of amides is 2. The molecule has 6 rings (SSSR count). The van der Waals surface area contributed by atoms with Crippen molar-refractivity contribution in [2.75, 3.05) is 4.90 Å². The zero-order valence-corrected chi connectivity index (χ0v) is 20.0. The largest absolute Gasteiger partial charge is 0.508 e. The molecule has 0 unspecified atom stereocenters. The van der Waals surface area contributed by atoms with E-state index in [1.165, 1.54) is 6.07 Å². The van der Waals surface area contributed by atoms with Crippen LogP contribution in [0.15, 0.2) is 79.0 Å². The van der Waals surface area contributed by atoms with Crippen LogP contribution in [0.1, 0.15) is 22.7 Å². The lowest BCUT2D eigenvalue weighted by atomic mass is 9.76. The molecule has 0 aliphatic carbocycles. The number of rotatable bonds is 5. The quantitative estimate of drug-likeness (QED) is 0.313. The first-order valence-electron chi connectivity index (χ1n) is 12.1. The van der Waals surface area contributed by atoms with E-state index in [4.69, 9.17) is 0 Å². The number of aromatic nitrogens is 1. The van der Waals surface area contributed by atoms with Gasteiger partial charge in [-0.3, -0.25) is 19.7 Å². The number of hydrogen-bond donors (Lipinski definition) is 4. The molecule has 0 radical (unpaired) electrons. The third kappa shape index (κ3) is 3.37. The van der Waals surface area contributed by atoms with Gasteiger partial charge in [-0.25, -0.2) is 4.90 Å². The molecular weight excluding hydrogens is 470 g/mol. The normalized spacial score (nSPS) is 25.1. The minimum Gasteiger partial charge on any atom is -0.508 e. The molecule has 8 nitrogen and oxygen atoms in total. The van der Waals surface area contributed by atoms with Crippen LogP contribution in [0.5, 0.6) is 5.75 Å². The molecule has 37 heavy (non-hydrogen) atoms. The van der Waals surface area contributed by atoms with Crippen LogP contribution in [0, 0.1) is 18.8 Å². The van der Waals surface area contributed by atoms with Gasteiger partial charge in [-0.1, -0.05) is 54.1 Å². The number of anilines is 1. The number of phenolic OH excluding ortho intramolecular Hbond substituents is 1. The molecule has 4 N–H and O–H groups in total. The third-order valence-electron chi connectivity index (χ3n) is 7.74. The van der Waals surface area contributed by atoms with E-state index in [1.807, 2.05) is 31.2 Å². The predicted molar refractivity (Wildman–Crippen MR) is 137 cm³/mol. The second-order valence-electron chi connectivity index (χ2n) is 9.84. The minimum atomic E-state index is -1.78. The number of imide groups is 1. The molecular formula is C29H25N3O5. The van der Waals surface area contributed by atoms with Gasteiger partial charge >= 0.3 is 5.97 Å². The fraction of sp³-hybridized carbons (Fsp3) is 0.207. The highest BCUT2D eigenvalue weighted by atomic mass is 16.4. The van der Waals surface area contributed by atoms with E-state index in [0.29, 0.717) is 11.3 Å². The summed E-state index contributed by atoms with van der Waals surface area (Å²) in [6, 6.07) is 20.2. The van der Waals surface area contributed by atoms with E-state index in [2.05, 4.69) is 10.3 Å². The number of fused-ring (bicyclic) bond motifs is 2. The number of phenols is 1. The van der Waals surface area contributed by atoms with Crippen LogP contribution in [0.25, 0.3) is 10.9 Å². The maximum atomic E-state index is 14.0. The van der Waals surface area contributed by atoms with Crippen molar-refractivity contribution in [1.82, 2.24) is 10.3 Å². The molecule has 4 aromatic rings. The highest BCUT2D eigenvalue weighted by molar-refractivity contribution is 6.24. The van der Waals surface area contributed by atoms with Gasteiger partial charge in [0, 0.05) is 35.1 Å². The van der Waals surface area contributed by atoms with E-state index in [9.17, 15) is 24.6 Å². The Balaban J connectivity index is 1.52. The van der Waals surface area contributed by atoms with Gasteiger partial charge in [-0.15, -0.1) is 0 Å². The summed E-state index contributed by atoms with van der Waals surface area (Å²) in [4.78, 5) is 45.3. The number of nitrogens with one attached hydrogen (secondary N) is 2.